The molecule has 0 saturated carbocycles. The Hall–Kier alpha value is -1.08. The van der Waals surface area contributed by atoms with Crippen molar-refractivity contribution >= 4 is 11.8 Å². The van der Waals surface area contributed by atoms with Crippen LogP contribution in [0.1, 0.15) is 44.2 Å². The highest BCUT2D eigenvalue weighted by Crippen LogP contribution is 2.39. The van der Waals surface area contributed by atoms with Gasteiger partial charge in [0.15, 0.2) is 0 Å². The summed E-state index contributed by atoms with van der Waals surface area (Å²) in [6.45, 7) is 3.99. The third-order valence-corrected chi connectivity index (χ3v) is 3.38. The topological polar surface area (TPSA) is 0 Å². The van der Waals surface area contributed by atoms with Crippen LogP contribution in [0.3, 0.4) is 0 Å². The van der Waals surface area contributed by atoms with Crippen molar-refractivity contribution in [3.8, 4) is 11.8 Å². The van der Waals surface area contributed by atoms with Gasteiger partial charge in [0.1, 0.15) is 0 Å². The normalized spacial score (nSPS) is 11.0. The minimum atomic E-state index is -4.27. The van der Waals surface area contributed by atoms with E-state index in [1.54, 1.807) is 6.07 Å². The molecule has 0 aliphatic heterocycles. The second kappa shape index (κ2) is 7.49. The van der Waals surface area contributed by atoms with Crippen LogP contribution in [0.5, 0.6) is 0 Å². The van der Waals surface area contributed by atoms with E-state index in [0.717, 1.165) is 24.8 Å². The van der Waals surface area contributed by atoms with Crippen molar-refractivity contribution in [2.45, 2.75) is 49.9 Å². The molecule has 0 atom stereocenters. The lowest BCUT2D eigenvalue weighted by atomic mass is 10.1. The van der Waals surface area contributed by atoms with Crippen LogP contribution in [-0.2, 0) is 6.42 Å². The van der Waals surface area contributed by atoms with Gasteiger partial charge in [-0.15, -0.1) is 0 Å². The van der Waals surface area contributed by atoms with Crippen molar-refractivity contribution < 1.29 is 13.2 Å². The van der Waals surface area contributed by atoms with E-state index in [2.05, 4.69) is 18.8 Å². The fourth-order valence-electron chi connectivity index (χ4n) is 1.64. The highest BCUT2D eigenvalue weighted by Gasteiger charge is 2.30. The SMILES string of the molecule is CCCCC#Cc1c(CC)cccc1SC(F)(F)F. The maximum absolute atomic E-state index is 12.5. The Bertz CT molecular complexity index is 467. The van der Waals surface area contributed by atoms with Crippen molar-refractivity contribution in [3.63, 3.8) is 0 Å². The molecule has 0 aliphatic carbocycles. The zero-order valence-corrected chi connectivity index (χ0v) is 11.9. The van der Waals surface area contributed by atoms with Crippen LogP contribution in [0.4, 0.5) is 13.2 Å². The van der Waals surface area contributed by atoms with Crippen LogP contribution in [0, 0.1) is 11.8 Å². The third-order valence-electron chi connectivity index (χ3n) is 2.59. The van der Waals surface area contributed by atoms with Crippen molar-refractivity contribution in [2.24, 2.45) is 0 Å². The molecule has 0 aromatic heterocycles. The molecule has 0 radical (unpaired) electrons. The molecule has 0 saturated heterocycles. The number of aryl methyl sites for hydroxylation is 1. The van der Waals surface area contributed by atoms with Gasteiger partial charge in [0.05, 0.1) is 0 Å². The molecule has 0 fully saturated rings. The van der Waals surface area contributed by atoms with Crippen LogP contribution in [0.2, 0.25) is 0 Å². The number of alkyl halides is 3. The smallest absolute Gasteiger partial charge is 0.160 e. The lowest BCUT2D eigenvalue weighted by Gasteiger charge is -2.10. The Labute approximate surface area is 116 Å². The van der Waals surface area contributed by atoms with Gasteiger partial charge in [0, 0.05) is 16.9 Å². The first-order valence-electron chi connectivity index (χ1n) is 6.34. The average Bonchev–Trinajstić information content (AvgIpc) is 2.34. The molecular weight excluding hydrogens is 269 g/mol. The van der Waals surface area contributed by atoms with Gasteiger partial charge in [-0.3, -0.25) is 0 Å². The average molecular weight is 286 g/mol. The van der Waals surface area contributed by atoms with E-state index in [1.807, 2.05) is 13.0 Å². The summed E-state index contributed by atoms with van der Waals surface area (Å²) in [4.78, 5) is 0.204. The predicted octanol–water partition coefficient (Wildman–Crippen LogP) is 5.40. The molecule has 0 amide bonds. The van der Waals surface area contributed by atoms with E-state index >= 15 is 0 Å². The van der Waals surface area contributed by atoms with Crippen LogP contribution >= 0.6 is 11.8 Å². The summed E-state index contributed by atoms with van der Waals surface area (Å²) < 4.78 is 37.5. The standard InChI is InChI=1S/C15H17F3S/c1-3-5-6-7-10-13-12(4-2)9-8-11-14(13)19-15(16,17)18/h8-9,11H,3-6H2,1-2H3. The molecule has 0 heterocycles. The Morgan fingerprint density at radius 1 is 1.21 bits per heavy atom. The van der Waals surface area contributed by atoms with Crippen LogP contribution in [-0.4, -0.2) is 5.51 Å². The highest BCUT2D eigenvalue weighted by atomic mass is 32.2. The lowest BCUT2D eigenvalue weighted by molar-refractivity contribution is -0.0328. The van der Waals surface area contributed by atoms with Gasteiger partial charge >= 0.3 is 5.51 Å². The molecule has 0 aliphatic rings. The third kappa shape index (κ3) is 5.61. The summed E-state index contributed by atoms with van der Waals surface area (Å²) in [6.07, 6.45) is 3.42. The fraction of sp³-hybridized carbons (Fsp3) is 0.467. The van der Waals surface area contributed by atoms with E-state index in [4.69, 9.17) is 0 Å². The van der Waals surface area contributed by atoms with Crippen molar-refractivity contribution in [2.75, 3.05) is 0 Å². The minimum absolute atomic E-state index is 0.0818. The summed E-state index contributed by atoms with van der Waals surface area (Å²) in [6, 6.07) is 4.98. The first-order chi connectivity index (χ1) is 8.98. The number of rotatable bonds is 4. The van der Waals surface area contributed by atoms with Gasteiger partial charge in [0.25, 0.3) is 0 Å². The quantitative estimate of drug-likeness (QED) is 0.405. The highest BCUT2D eigenvalue weighted by molar-refractivity contribution is 8.00. The molecule has 0 bridgehead atoms. The molecule has 1 rings (SSSR count). The summed E-state index contributed by atoms with van der Waals surface area (Å²) in [5, 5.41) is 0. The Morgan fingerprint density at radius 2 is 1.95 bits per heavy atom. The van der Waals surface area contributed by atoms with E-state index in [0.29, 0.717) is 12.0 Å². The predicted molar refractivity (Wildman–Crippen MR) is 74.1 cm³/mol. The number of hydrogen-bond donors (Lipinski definition) is 0. The number of thioether (sulfide) groups is 1. The van der Waals surface area contributed by atoms with Gasteiger partial charge in [-0.2, -0.15) is 13.2 Å². The second-order valence-electron chi connectivity index (χ2n) is 4.10. The Morgan fingerprint density at radius 3 is 2.53 bits per heavy atom. The largest absolute Gasteiger partial charge is 0.446 e. The minimum Gasteiger partial charge on any atom is -0.160 e. The molecule has 1 aromatic rings. The van der Waals surface area contributed by atoms with Crippen LogP contribution < -0.4 is 0 Å². The zero-order valence-electron chi connectivity index (χ0n) is 11.1. The lowest BCUT2D eigenvalue weighted by Crippen LogP contribution is -2.01. The van der Waals surface area contributed by atoms with Crippen LogP contribution in [0.15, 0.2) is 23.1 Å². The molecule has 4 heteroatoms. The molecule has 104 valence electrons. The van der Waals surface area contributed by atoms with E-state index in [9.17, 15) is 13.2 Å². The van der Waals surface area contributed by atoms with Crippen LogP contribution in [0.25, 0.3) is 0 Å². The first-order valence-corrected chi connectivity index (χ1v) is 7.16. The summed E-state index contributed by atoms with van der Waals surface area (Å²) in [7, 11) is 0. The fourth-order valence-corrected chi connectivity index (χ4v) is 2.32. The van der Waals surface area contributed by atoms with Gasteiger partial charge < -0.3 is 0 Å². The summed E-state index contributed by atoms with van der Waals surface area (Å²) in [5.74, 6) is 5.89. The molecular formula is C15H17F3S. The number of halogens is 3. The monoisotopic (exact) mass is 286 g/mol. The number of benzene rings is 1. The molecule has 1 aromatic carbocycles. The molecule has 0 unspecified atom stereocenters. The molecule has 0 N–H and O–H groups in total. The van der Waals surface area contributed by atoms with Gasteiger partial charge in [0.2, 0.25) is 0 Å². The Balaban J connectivity index is 3.05. The van der Waals surface area contributed by atoms with Crippen molar-refractivity contribution in [1.29, 1.82) is 0 Å². The first kappa shape index (κ1) is 16.0. The van der Waals surface area contributed by atoms with E-state index in [1.165, 1.54) is 6.07 Å². The maximum Gasteiger partial charge on any atom is 0.446 e. The second-order valence-corrected chi connectivity index (χ2v) is 5.20. The summed E-state index contributed by atoms with van der Waals surface area (Å²) in [5.41, 5.74) is -2.87. The van der Waals surface area contributed by atoms with Gasteiger partial charge in [-0.1, -0.05) is 44.2 Å². The van der Waals surface area contributed by atoms with E-state index < -0.39 is 5.51 Å². The maximum atomic E-state index is 12.5. The molecule has 0 spiro atoms. The number of hydrogen-bond acceptors (Lipinski definition) is 1. The van der Waals surface area contributed by atoms with Gasteiger partial charge in [-0.05, 0) is 36.2 Å². The molecule has 0 nitrogen and oxygen atoms in total. The van der Waals surface area contributed by atoms with Crippen molar-refractivity contribution in [3.05, 3.63) is 29.3 Å². The number of unbranched alkanes of at least 4 members (excludes halogenated alkanes) is 2. The van der Waals surface area contributed by atoms with E-state index in [-0.39, 0.29) is 16.7 Å². The summed E-state index contributed by atoms with van der Waals surface area (Å²) >= 11 is -0.0818. The van der Waals surface area contributed by atoms with Crippen molar-refractivity contribution in [1.82, 2.24) is 0 Å². The Kier molecular flexibility index (Phi) is 6.30. The molecule has 19 heavy (non-hydrogen) atoms. The zero-order chi connectivity index (χ0) is 14.3. The van der Waals surface area contributed by atoms with Gasteiger partial charge in [-0.25, -0.2) is 0 Å².